The van der Waals surface area contributed by atoms with Crippen LogP contribution in [0.15, 0.2) is 60.8 Å². The van der Waals surface area contributed by atoms with Gasteiger partial charge >= 0.3 is 11.9 Å². The predicted molar refractivity (Wildman–Crippen MR) is 213 cm³/mol. The van der Waals surface area contributed by atoms with Gasteiger partial charge in [-0.2, -0.15) is 0 Å². The smallest absolute Gasteiger partial charge is 0.310 e. The summed E-state index contributed by atoms with van der Waals surface area (Å²) < 4.78 is 33.6. The minimum absolute atomic E-state index is 0.00797. The Labute approximate surface area is 317 Å². The molecule has 0 aromatic heterocycles. The molecule has 0 saturated heterocycles. The highest BCUT2D eigenvalue weighted by Crippen LogP contribution is 2.38. The minimum Gasteiger partial charge on any atom is -0.756 e. The molecule has 0 aromatic rings. The van der Waals surface area contributed by atoms with Crippen LogP contribution in [-0.4, -0.2) is 70.0 Å². The molecule has 300 valence electrons. The molecule has 10 heteroatoms. The predicted octanol–water partition coefficient (Wildman–Crippen LogP) is 10.3. The molecule has 0 heterocycles. The number of hydrogen-bond donors (Lipinski definition) is 0. The standard InChI is InChI=1S/C42H74NO8P/c1-6-8-10-12-14-16-18-20-21-23-25-27-29-31-33-35-42(45)51-40(39-50-52(46,47)49-37-36-43(3,4)5)38-48-41(44)34-32-30-28-26-24-22-19-17-15-13-11-9-7-2/h8,10,14,16,20-21,25,27,31,33,40H,6-7,9,11-13,15,17-19,22-24,26,28-30,32,34-39H2,1-5H3/b10-8-,16-14-,21-20-,27-25-,33-31-. The zero-order valence-electron chi connectivity index (χ0n) is 33.5. The summed E-state index contributed by atoms with van der Waals surface area (Å²) in [5, 5.41) is 0. The summed E-state index contributed by atoms with van der Waals surface area (Å²) in [6.07, 6.45) is 39.9. The summed E-state index contributed by atoms with van der Waals surface area (Å²) in [5.74, 6) is -0.985. The van der Waals surface area contributed by atoms with Gasteiger partial charge in [-0.3, -0.25) is 14.2 Å². The number of phosphoric ester groups is 1. The molecule has 0 radical (unpaired) electrons. The van der Waals surface area contributed by atoms with Crippen molar-refractivity contribution in [3.05, 3.63) is 60.8 Å². The van der Waals surface area contributed by atoms with E-state index in [0.29, 0.717) is 17.4 Å². The maximum Gasteiger partial charge on any atom is 0.310 e. The molecule has 0 N–H and O–H groups in total. The Balaban J connectivity index is 4.57. The molecular formula is C42H74NO8P. The summed E-state index contributed by atoms with van der Waals surface area (Å²) in [6, 6.07) is 0. The molecule has 0 bridgehead atoms. The van der Waals surface area contributed by atoms with Gasteiger partial charge in [0.25, 0.3) is 7.82 Å². The van der Waals surface area contributed by atoms with Gasteiger partial charge in [0.2, 0.25) is 0 Å². The molecule has 0 aromatic carbocycles. The van der Waals surface area contributed by atoms with Crippen molar-refractivity contribution in [2.24, 2.45) is 0 Å². The van der Waals surface area contributed by atoms with Gasteiger partial charge < -0.3 is 27.9 Å². The van der Waals surface area contributed by atoms with Crippen LogP contribution in [-0.2, 0) is 32.7 Å². The summed E-state index contributed by atoms with van der Waals surface area (Å²) in [6.45, 7) is 3.97. The van der Waals surface area contributed by atoms with Crippen LogP contribution in [0.5, 0.6) is 0 Å². The average Bonchev–Trinajstić information content (AvgIpc) is 3.09. The molecule has 0 saturated carbocycles. The van der Waals surface area contributed by atoms with Crippen LogP contribution in [0.3, 0.4) is 0 Å². The number of esters is 2. The number of hydrogen-bond acceptors (Lipinski definition) is 8. The minimum atomic E-state index is -4.64. The second-order valence-electron chi connectivity index (χ2n) is 14.3. The summed E-state index contributed by atoms with van der Waals surface area (Å²) in [5.41, 5.74) is 0. The summed E-state index contributed by atoms with van der Waals surface area (Å²) >= 11 is 0. The fourth-order valence-electron chi connectivity index (χ4n) is 4.96. The molecule has 0 amide bonds. The molecule has 0 spiro atoms. The van der Waals surface area contributed by atoms with Crippen LogP contribution in [0.2, 0.25) is 0 Å². The number of ether oxygens (including phenoxy) is 2. The number of allylic oxidation sites excluding steroid dienone is 9. The van der Waals surface area contributed by atoms with Crippen molar-refractivity contribution < 1.29 is 42.1 Å². The molecule has 0 aliphatic rings. The lowest BCUT2D eigenvalue weighted by Crippen LogP contribution is -2.37. The number of phosphoric acid groups is 1. The van der Waals surface area contributed by atoms with Crippen molar-refractivity contribution in [1.29, 1.82) is 0 Å². The van der Waals surface area contributed by atoms with Crippen LogP contribution in [0, 0.1) is 0 Å². The van der Waals surface area contributed by atoms with Crippen LogP contribution in [0.25, 0.3) is 0 Å². The molecule has 0 fully saturated rings. The molecule has 52 heavy (non-hydrogen) atoms. The molecule has 0 aliphatic carbocycles. The first-order valence-corrected chi connectivity index (χ1v) is 21.5. The van der Waals surface area contributed by atoms with E-state index in [2.05, 4.69) is 56.4 Å². The third-order valence-corrected chi connectivity index (χ3v) is 9.05. The number of likely N-dealkylation sites (N-methyl/N-ethyl adjacent to an activating group) is 1. The highest BCUT2D eigenvalue weighted by atomic mass is 31.2. The number of nitrogens with zero attached hydrogens (tertiary/aromatic N) is 1. The van der Waals surface area contributed by atoms with E-state index in [1.807, 2.05) is 33.3 Å². The van der Waals surface area contributed by atoms with Crippen LogP contribution < -0.4 is 4.89 Å². The SMILES string of the molecule is CC/C=C\C/C=C\C/C=C\C/C=C\C/C=C\CC(=O)OC(COC(=O)CCCCCCCCCCCCCCC)COP(=O)([O-])OCC[N+](C)(C)C. The lowest BCUT2D eigenvalue weighted by Gasteiger charge is -2.28. The van der Waals surface area contributed by atoms with Crippen molar-refractivity contribution in [1.82, 2.24) is 0 Å². The van der Waals surface area contributed by atoms with Crippen molar-refractivity contribution in [3.63, 3.8) is 0 Å². The second kappa shape index (κ2) is 34.5. The van der Waals surface area contributed by atoms with E-state index in [1.54, 1.807) is 6.08 Å². The van der Waals surface area contributed by atoms with Gasteiger partial charge in [0.1, 0.15) is 19.8 Å². The van der Waals surface area contributed by atoms with Crippen molar-refractivity contribution in [2.45, 2.75) is 148 Å². The lowest BCUT2D eigenvalue weighted by atomic mass is 10.0. The van der Waals surface area contributed by atoms with Crippen molar-refractivity contribution in [2.75, 3.05) is 47.5 Å². The van der Waals surface area contributed by atoms with E-state index in [0.717, 1.165) is 44.9 Å². The normalized spacial score (nSPS) is 14.3. The zero-order chi connectivity index (χ0) is 38.6. The number of rotatable bonds is 35. The Hall–Kier alpha value is -2.29. The van der Waals surface area contributed by atoms with Crippen LogP contribution in [0.1, 0.15) is 142 Å². The molecular weight excluding hydrogens is 677 g/mol. The molecule has 0 aliphatic heterocycles. The van der Waals surface area contributed by atoms with Crippen molar-refractivity contribution >= 4 is 19.8 Å². The Morgan fingerprint density at radius 3 is 1.56 bits per heavy atom. The van der Waals surface area contributed by atoms with E-state index in [9.17, 15) is 19.0 Å². The third-order valence-electron chi connectivity index (χ3n) is 8.09. The van der Waals surface area contributed by atoms with Gasteiger partial charge in [0, 0.05) is 6.42 Å². The van der Waals surface area contributed by atoms with Gasteiger partial charge in [-0.15, -0.1) is 0 Å². The zero-order valence-corrected chi connectivity index (χ0v) is 34.4. The van der Waals surface area contributed by atoms with Gasteiger partial charge in [-0.25, -0.2) is 0 Å². The number of quaternary nitrogens is 1. The summed E-state index contributed by atoms with van der Waals surface area (Å²) in [4.78, 5) is 37.3. The first kappa shape index (κ1) is 49.7. The Kier molecular flexibility index (Phi) is 33.0. The molecule has 2 atom stereocenters. The third kappa shape index (κ3) is 37.5. The number of unbranched alkanes of at least 4 members (excludes halogenated alkanes) is 12. The number of carbonyl (C=O) groups is 2. The van der Waals surface area contributed by atoms with Gasteiger partial charge in [-0.1, -0.05) is 152 Å². The van der Waals surface area contributed by atoms with E-state index >= 15 is 0 Å². The Morgan fingerprint density at radius 2 is 1.08 bits per heavy atom. The van der Waals surface area contributed by atoms with Crippen LogP contribution in [0.4, 0.5) is 0 Å². The van der Waals surface area contributed by atoms with Crippen molar-refractivity contribution in [3.8, 4) is 0 Å². The van der Waals surface area contributed by atoms with Gasteiger partial charge in [-0.05, 0) is 38.5 Å². The first-order valence-electron chi connectivity index (χ1n) is 20.0. The summed E-state index contributed by atoms with van der Waals surface area (Å²) in [7, 11) is 1.10. The Morgan fingerprint density at radius 1 is 0.615 bits per heavy atom. The molecule has 0 rings (SSSR count). The van der Waals surface area contributed by atoms with Gasteiger partial charge in [0.05, 0.1) is 34.2 Å². The second-order valence-corrected chi connectivity index (χ2v) is 15.7. The average molecular weight is 752 g/mol. The quantitative estimate of drug-likeness (QED) is 0.0207. The van der Waals surface area contributed by atoms with E-state index in [4.69, 9.17) is 18.5 Å². The maximum atomic E-state index is 12.6. The van der Waals surface area contributed by atoms with Crippen LogP contribution >= 0.6 is 7.82 Å². The monoisotopic (exact) mass is 752 g/mol. The highest BCUT2D eigenvalue weighted by Gasteiger charge is 2.21. The number of carbonyl (C=O) groups excluding carboxylic acids is 2. The Bertz CT molecular complexity index is 1080. The molecule has 2 unspecified atom stereocenters. The highest BCUT2D eigenvalue weighted by molar-refractivity contribution is 7.45. The van der Waals surface area contributed by atoms with E-state index in [-0.39, 0.29) is 26.1 Å². The largest absolute Gasteiger partial charge is 0.756 e. The van der Waals surface area contributed by atoms with E-state index < -0.39 is 32.5 Å². The fraction of sp³-hybridized carbons (Fsp3) is 0.714. The molecule has 9 nitrogen and oxygen atoms in total. The van der Waals surface area contributed by atoms with Gasteiger partial charge in [0.15, 0.2) is 6.10 Å². The maximum absolute atomic E-state index is 12.6. The first-order chi connectivity index (χ1) is 25.0. The topological polar surface area (TPSA) is 111 Å². The lowest BCUT2D eigenvalue weighted by molar-refractivity contribution is -0.870. The van der Waals surface area contributed by atoms with E-state index in [1.165, 1.54) is 64.2 Å². The fourth-order valence-corrected chi connectivity index (χ4v) is 5.69.